The van der Waals surface area contributed by atoms with Gasteiger partial charge < -0.3 is 17.8 Å². The van der Waals surface area contributed by atoms with Crippen LogP contribution in [0.3, 0.4) is 0 Å². The Bertz CT molecular complexity index is 593. The molecule has 128 valence electrons. The molecule has 3 rings (SSSR count). The van der Waals surface area contributed by atoms with Gasteiger partial charge in [0.15, 0.2) is 0 Å². The maximum absolute atomic E-state index is 11.9. The Morgan fingerprint density at radius 1 is 1.29 bits per heavy atom. The number of aliphatic carboxylic acids is 1. The van der Waals surface area contributed by atoms with Crippen molar-refractivity contribution in [2.24, 2.45) is 0 Å². The van der Waals surface area contributed by atoms with Crippen molar-refractivity contribution in [3.05, 3.63) is 42.7 Å². The number of benzene rings is 1. The van der Waals surface area contributed by atoms with Gasteiger partial charge >= 0.3 is 51.4 Å². The Hall–Kier alpha value is -0.334. The molecule has 1 saturated carbocycles. The molecule has 0 aromatic heterocycles. The molecule has 0 bridgehead atoms. The van der Waals surface area contributed by atoms with Crippen LogP contribution < -0.4 is 56.7 Å². The number of unbranched alkanes of at least 4 members (excludes halogenated alkanes) is 2. The number of amides is 1. The van der Waals surface area contributed by atoms with Gasteiger partial charge in [-0.05, 0) is 18.5 Å². The first-order valence-electron chi connectivity index (χ1n) is 7.99. The Morgan fingerprint density at radius 2 is 1.88 bits per heavy atom. The molecule has 1 aliphatic carbocycles. The fourth-order valence-corrected chi connectivity index (χ4v) is 3.01. The van der Waals surface area contributed by atoms with Gasteiger partial charge in [-0.1, -0.05) is 52.5 Å². The minimum atomic E-state index is -0.979. The van der Waals surface area contributed by atoms with Crippen LogP contribution in [0.2, 0.25) is 0 Å². The molecule has 0 saturated heterocycles. The molecule has 1 aromatic carbocycles. The Labute approximate surface area is 188 Å². The third-order valence-corrected chi connectivity index (χ3v) is 4.21. The van der Waals surface area contributed by atoms with Crippen LogP contribution in [-0.4, -0.2) is 17.0 Å². The van der Waals surface area contributed by atoms with E-state index in [0.29, 0.717) is 5.56 Å². The number of hydrogen-bond acceptors (Lipinski definition) is 2. The van der Waals surface area contributed by atoms with Crippen molar-refractivity contribution in [3.8, 4) is 0 Å². The zero-order chi connectivity index (χ0) is 16.3. The van der Waals surface area contributed by atoms with Gasteiger partial charge in [0.25, 0.3) is 5.97 Å². The zero-order valence-corrected chi connectivity index (χ0v) is 18.7. The van der Waals surface area contributed by atoms with Crippen molar-refractivity contribution in [3.63, 3.8) is 0 Å². The second-order valence-electron chi connectivity index (χ2n) is 6.15. The number of carboxylic acids is 1. The van der Waals surface area contributed by atoms with Crippen molar-refractivity contribution in [2.45, 2.75) is 58.3 Å². The first kappa shape index (κ1) is 23.7. The minimum absolute atomic E-state index is 0. The number of nitrogens with one attached hydrogen (secondary N) is 1. The van der Waals surface area contributed by atoms with E-state index in [0.717, 1.165) is 29.7 Å². The fraction of sp³-hybridized carbons (Fsp3) is 0.474. The van der Waals surface area contributed by atoms with E-state index >= 15 is 0 Å². The summed E-state index contributed by atoms with van der Waals surface area (Å²) in [5, 5.41) is 11.7. The molecule has 2 aliphatic rings. The molecule has 0 unspecified atom stereocenters. The number of rotatable bonds is 4. The van der Waals surface area contributed by atoms with Crippen molar-refractivity contribution >= 4 is 17.6 Å². The maximum Gasteiger partial charge on any atom is 1.00 e. The number of anilines is 1. The van der Waals surface area contributed by atoms with Crippen LogP contribution in [0, 0.1) is 20.8 Å². The Morgan fingerprint density at radius 3 is 2.29 bits per heavy atom. The summed E-state index contributed by atoms with van der Waals surface area (Å²) in [6.07, 6.45) is 6.89. The van der Waals surface area contributed by atoms with E-state index in [1.807, 2.05) is 19.1 Å². The Kier molecular flexibility index (Phi) is 9.83. The summed E-state index contributed by atoms with van der Waals surface area (Å²) in [6, 6.07) is 3.73. The molecule has 1 spiro atoms. The third kappa shape index (κ3) is 5.08. The molecular weight excluding hydrogens is 329 g/mol. The molecule has 4 nitrogen and oxygen atoms in total. The average molecular weight is 357 g/mol. The molecule has 1 amide bonds. The van der Waals surface area contributed by atoms with Crippen LogP contribution in [0.4, 0.5) is 5.69 Å². The van der Waals surface area contributed by atoms with Gasteiger partial charge in [-0.15, -0.1) is 11.1 Å². The smallest absolute Gasteiger partial charge is 0.487 e. The molecule has 24 heavy (non-hydrogen) atoms. The van der Waals surface area contributed by atoms with E-state index in [-0.39, 0.29) is 64.7 Å². The maximum atomic E-state index is 11.9. The Balaban J connectivity index is 0.000000673. The van der Waals surface area contributed by atoms with Gasteiger partial charge in [0.1, 0.15) is 0 Å². The first-order valence-corrected chi connectivity index (χ1v) is 7.99. The van der Waals surface area contributed by atoms with Crippen molar-refractivity contribution in [1.82, 2.24) is 0 Å². The van der Waals surface area contributed by atoms with E-state index in [9.17, 15) is 9.59 Å². The number of aryl methyl sites for hydroxylation is 1. The van der Waals surface area contributed by atoms with E-state index in [1.54, 1.807) is 0 Å². The standard InChI is InChI=1S/C13H12NO3.C5H12.CH3.K/c1-7-4-8(6-10(15)16)11-9(5-7)14-12(17)13(11)2-3-13;1-3-5-4-2;;/h4-6H,2-3H2,1H3,(H,14,17)(H,15,16);3-5H2,1-2H3;1H3;/q-1;;-1;+1. The number of carboxylic acid groups (broad SMARTS) is 1. The number of fused-ring (bicyclic) bond motifs is 2. The van der Waals surface area contributed by atoms with Gasteiger partial charge in [-0.2, -0.15) is 11.6 Å². The zero-order valence-electron chi connectivity index (χ0n) is 15.5. The quantitative estimate of drug-likeness (QED) is 0.631. The monoisotopic (exact) mass is 356 g/mol. The van der Waals surface area contributed by atoms with Crippen molar-refractivity contribution < 1.29 is 66.1 Å². The summed E-state index contributed by atoms with van der Waals surface area (Å²) in [6.45, 7) is 6.32. The van der Waals surface area contributed by atoms with Gasteiger partial charge in [0.2, 0.25) is 5.91 Å². The molecule has 1 aromatic rings. The SMILES string of the molecule is CCCCC.Cc1cc([CH-]C(=O)O)c2c(c1)NC(=O)C21CC1.[CH3-].[K+]. The van der Waals surface area contributed by atoms with Crippen LogP contribution in [0.15, 0.2) is 12.1 Å². The summed E-state index contributed by atoms with van der Waals surface area (Å²) in [7, 11) is 0. The summed E-state index contributed by atoms with van der Waals surface area (Å²) in [5.41, 5.74) is 2.82. The normalized spacial score (nSPS) is 15.0. The van der Waals surface area contributed by atoms with Gasteiger partial charge in [-0.25, -0.2) is 0 Å². The molecule has 0 radical (unpaired) electrons. The second-order valence-corrected chi connectivity index (χ2v) is 6.15. The predicted octanol–water partition coefficient (Wildman–Crippen LogP) is 1.27. The van der Waals surface area contributed by atoms with Gasteiger partial charge in [0.05, 0.1) is 0 Å². The predicted molar refractivity (Wildman–Crippen MR) is 93.4 cm³/mol. The number of carbonyl (C=O) groups is 2. The number of carbonyl (C=O) groups excluding carboxylic acids is 1. The molecule has 5 heteroatoms. The summed E-state index contributed by atoms with van der Waals surface area (Å²) in [4.78, 5) is 22.7. The van der Waals surface area contributed by atoms with E-state index in [2.05, 4.69) is 19.2 Å². The molecule has 0 atom stereocenters. The molecule has 2 N–H and O–H groups in total. The van der Waals surface area contributed by atoms with Crippen LogP contribution in [0.1, 0.15) is 62.6 Å². The largest absolute Gasteiger partial charge is 1.00 e. The van der Waals surface area contributed by atoms with Gasteiger partial charge in [0, 0.05) is 5.41 Å². The minimum Gasteiger partial charge on any atom is -0.487 e. The fourth-order valence-electron chi connectivity index (χ4n) is 3.01. The topological polar surface area (TPSA) is 66.4 Å². The summed E-state index contributed by atoms with van der Waals surface area (Å²) < 4.78 is 0. The van der Waals surface area contributed by atoms with E-state index in [1.165, 1.54) is 25.7 Å². The summed E-state index contributed by atoms with van der Waals surface area (Å²) >= 11 is 0. The van der Waals surface area contributed by atoms with E-state index < -0.39 is 11.4 Å². The number of hydrogen-bond donors (Lipinski definition) is 2. The first-order chi connectivity index (χ1) is 10.4. The summed E-state index contributed by atoms with van der Waals surface area (Å²) in [5.74, 6) is -0.967. The molecular formula is C19H27KNO3-. The molecule has 1 aliphatic heterocycles. The molecule has 1 fully saturated rings. The van der Waals surface area contributed by atoms with Crippen molar-refractivity contribution in [1.29, 1.82) is 0 Å². The van der Waals surface area contributed by atoms with Gasteiger partial charge in [-0.3, -0.25) is 9.59 Å². The third-order valence-electron chi connectivity index (χ3n) is 4.21. The van der Waals surface area contributed by atoms with Crippen molar-refractivity contribution in [2.75, 3.05) is 5.32 Å². The molecule has 1 heterocycles. The van der Waals surface area contributed by atoms with E-state index in [4.69, 9.17) is 5.11 Å². The van der Waals surface area contributed by atoms with Crippen LogP contribution in [0.5, 0.6) is 0 Å². The van der Waals surface area contributed by atoms with Crippen LogP contribution in [0.25, 0.3) is 0 Å². The second kappa shape index (κ2) is 9.97. The van der Waals surface area contributed by atoms with Crippen LogP contribution >= 0.6 is 0 Å². The van der Waals surface area contributed by atoms with Crippen LogP contribution in [-0.2, 0) is 15.0 Å². The average Bonchev–Trinajstić information content (AvgIpc) is 3.15.